The van der Waals surface area contributed by atoms with Gasteiger partial charge in [0.25, 0.3) is 0 Å². The Kier molecular flexibility index (Phi) is 9.46. The molecule has 7 heteroatoms. The van der Waals surface area contributed by atoms with Gasteiger partial charge in [0.15, 0.2) is 0 Å². The Balaban J connectivity index is 1.68. The maximum Gasteiger partial charge on any atom is 0.469 e. The summed E-state index contributed by atoms with van der Waals surface area (Å²) in [5.74, 6) is 0.972. The second-order valence-corrected chi connectivity index (χ2v) is 10.6. The van der Waals surface area contributed by atoms with Gasteiger partial charge in [0.2, 0.25) is 0 Å². The summed E-state index contributed by atoms with van der Waals surface area (Å²) in [6.07, 6.45) is 14.4. The quantitative estimate of drug-likeness (QED) is 0.321. The van der Waals surface area contributed by atoms with Crippen LogP contribution in [0.1, 0.15) is 80.9 Å². The van der Waals surface area contributed by atoms with Crippen molar-refractivity contribution in [3.8, 4) is 0 Å². The number of hydrogen-bond donors (Lipinski definition) is 3. The molecule has 27 heavy (non-hydrogen) atoms. The largest absolute Gasteiger partial charge is 0.469 e. The van der Waals surface area contributed by atoms with Crippen LogP contribution in [0.4, 0.5) is 0 Å². The zero-order valence-corrected chi connectivity index (χ0v) is 18.3. The van der Waals surface area contributed by atoms with Crippen LogP contribution in [0.15, 0.2) is 12.1 Å². The minimum Gasteiger partial charge on any atom is -0.323 e. The molecule has 1 fully saturated rings. The molecular formula is C20H36NO4PS. The van der Waals surface area contributed by atoms with E-state index in [1.807, 2.05) is 18.3 Å². The average molecular weight is 418 g/mol. The fraction of sp³-hybridized carbons (Fsp3) is 0.800. The van der Waals surface area contributed by atoms with E-state index in [2.05, 4.69) is 16.7 Å². The molecule has 1 unspecified atom stereocenters. The lowest BCUT2D eigenvalue weighted by molar-refractivity contribution is 0.145. The first-order valence-electron chi connectivity index (χ1n) is 10.4. The third kappa shape index (κ3) is 9.21. The smallest absolute Gasteiger partial charge is 0.323 e. The van der Waals surface area contributed by atoms with Crippen LogP contribution in [-0.2, 0) is 21.9 Å². The summed E-state index contributed by atoms with van der Waals surface area (Å²) in [4.78, 5) is 20.5. The SMILES string of the molecule is CCC(N)(CCc1ccc(CCCCC2CCCCC2)s1)COP(=O)(O)O. The number of rotatable bonds is 12. The molecule has 1 atom stereocenters. The molecule has 0 aromatic carbocycles. The van der Waals surface area contributed by atoms with Crippen molar-refractivity contribution in [1.82, 2.24) is 0 Å². The lowest BCUT2D eigenvalue weighted by Gasteiger charge is -2.27. The molecule has 1 aromatic heterocycles. The molecule has 1 heterocycles. The first-order chi connectivity index (χ1) is 12.8. The Bertz CT molecular complexity index is 597. The Labute approximate surface area is 167 Å². The standard InChI is InChI=1S/C20H36NO4PS/c1-2-20(21,16-25-26(22,23)24)15-14-19-13-12-18(27-19)11-7-6-10-17-8-4-3-5-9-17/h12-13,17H,2-11,14-16,21H2,1H3,(H2,22,23,24). The molecule has 1 aromatic rings. The van der Waals surface area contributed by atoms with E-state index >= 15 is 0 Å². The van der Waals surface area contributed by atoms with Crippen LogP contribution in [0.5, 0.6) is 0 Å². The third-order valence-corrected chi connectivity index (χ3v) is 7.49. The lowest BCUT2D eigenvalue weighted by atomic mass is 9.85. The van der Waals surface area contributed by atoms with E-state index in [-0.39, 0.29) is 6.61 Å². The zero-order chi connectivity index (χ0) is 19.8. The highest BCUT2D eigenvalue weighted by Gasteiger charge is 2.27. The topological polar surface area (TPSA) is 92.8 Å². The highest BCUT2D eigenvalue weighted by molar-refractivity contribution is 7.46. The summed E-state index contributed by atoms with van der Waals surface area (Å²) in [7, 11) is -4.47. The summed E-state index contributed by atoms with van der Waals surface area (Å²) in [6, 6.07) is 4.39. The van der Waals surface area contributed by atoms with Gasteiger partial charge in [-0.15, -0.1) is 11.3 Å². The van der Waals surface area contributed by atoms with Crippen LogP contribution in [0.3, 0.4) is 0 Å². The second kappa shape index (κ2) is 11.1. The molecule has 1 aliphatic rings. The molecule has 0 radical (unpaired) electrons. The molecule has 2 rings (SSSR count). The Hall–Kier alpha value is -0.230. The van der Waals surface area contributed by atoms with Crippen molar-refractivity contribution >= 4 is 19.2 Å². The van der Waals surface area contributed by atoms with E-state index in [0.717, 1.165) is 18.8 Å². The number of phosphoric acid groups is 1. The molecule has 0 spiro atoms. The fourth-order valence-electron chi connectivity index (χ4n) is 3.83. The zero-order valence-electron chi connectivity index (χ0n) is 16.6. The van der Waals surface area contributed by atoms with Crippen molar-refractivity contribution in [1.29, 1.82) is 0 Å². The summed E-state index contributed by atoms with van der Waals surface area (Å²) in [5, 5.41) is 0. The van der Waals surface area contributed by atoms with Gasteiger partial charge >= 0.3 is 7.82 Å². The highest BCUT2D eigenvalue weighted by atomic mass is 32.1. The second-order valence-electron chi connectivity index (χ2n) is 8.10. The molecule has 0 bridgehead atoms. The molecule has 156 valence electrons. The maximum atomic E-state index is 10.9. The van der Waals surface area contributed by atoms with Crippen LogP contribution in [0, 0.1) is 5.92 Å². The maximum absolute atomic E-state index is 10.9. The summed E-state index contributed by atoms with van der Waals surface area (Å²) in [6.45, 7) is 1.81. The van der Waals surface area contributed by atoms with Crippen LogP contribution >= 0.6 is 19.2 Å². The first kappa shape index (κ1) is 23.1. The van der Waals surface area contributed by atoms with Crippen molar-refractivity contribution < 1.29 is 18.9 Å². The predicted molar refractivity (Wildman–Crippen MR) is 112 cm³/mol. The van der Waals surface area contributed by atoms with Gasteiger partial charge in [-0.2, -0.15) is 0 Å². The molecule has 1 saturated carbocycles. The molecule has 1 aliphatic carbocycles. The molecule has 0 amide bonds. The Morgan fingerprint density at radius 3 is 2.48 bits per heavy atom. The highest BCUT2D eigenvalue weighted by Crippen LogP contribution is 2.37. The van der Waals surface area contributed by atoms with E-state index in [9.17, 15) is 4.57 Å². The van der Waals surface area contributed by atoms with Crippen molar-refractivity contribution in [3.05, 3.63) is 21.9 Å². The van der Waals surface area contributed by atoms with Crippen molar-refractivity contribution in [2.45, 2.75) is 89.5 Å². The number of hydrogen-bond acceptors (Lipinski definition) is 4. The average Bonchev–Trinajstić information content (AvgIpc) is 3.10. The predicted octanol–water partition coefficient (Wildman–Crippen LogP) is 5.19. The van der Waals surface area contributed by atoms with Gasteiger partial charge in [-0.05, 0) is 50.2 Å². The van der Waals surface area contributed by atoms with E-state index in [4.69, 9.17) is 15.5 Å². The monoisotopic (exact) mass is 417 g/mol. The Morgan fingerprint density at radius 2 is 1.85 bits per heavy atom. The number of phosphoric ester groups is 1. The van der Waals surface area contributed by atoms with E-state index in [0.29, 0.717) is 12.8 Å². The molecule has 0 aliphatic heterocycles. The van der Waals surface area contributed by atoms with Crippen molar-refractivity contribution in [3.63, 3.8) is 0 Å². The summed E-state index contributed by atoms with van der Waals surface area (Å²) >= 11 is 1.84. The van der Waals surface area contributed by atoms with Gasteiger partial charge in [0.1, 0.15) is 0 Å². The fourth-order valence-corrected chi connectivity index (χ4v) is 5.32. The number of aryl methyl sites for hydroxylation is 2. The van der Waals surface area contributed by atoms with Crippen molar-refractivity contribution in [2.24, 2.45) is 11.7 Å². The molecule has 5 nitrogen and oxygen atoms in total. The number of unbranched alkanes of at least 4 members (excludes halogenated alkanes) is 1. The van der Waals surface area contributed by atoms with Gasteiger partial charge in [-0.25, -0.2) is 4.57 Å². The van der Waals surface area contributed by atoms with Gasteiger partial charge < -0.3 is 15.5 Å². The minimum atomic E-state index is -4.47. The van der Waals surface area contributed by atoms with E-state index in [1.54, 1.807) is 0 Å². The van der Waals surface area contributed by atoms with Crippen LogP contribution in [0.2, 0.25) is 0 Å². The van der Waals surface area contributed by atoms with Crippen LogP contribution < -0.4 is 5.73 Å². The van der Waals surface area contributed by atoms with E-state index < -0.39 is 13.4 Å². The summed E-state index contributed by atoms with van der Waals surface area (Å²) in [5.41, 5.74) is 5.56. The normalized spacial score (nSPS) is 18.5. The summed E-state index contributed by atoms with van der Waals surface area (Å²) < 4.78 is 15.6. The van der Waals surface area contributed by atoms with Gasteiger partial charge in [0, 0.05) is 15.3 Å². The number of nitrogens with two attached hydrogens (primary N) is 1. The molecular weight excluding hydrogens is 381 g/mol. The number of thiophene rings is 1. The van der Waals surface area contributed by atoms with Crippen LogP contribution in [-0.4, -0.2) is 21.9 Å². The van der Waals surface area contributed by atoms with Crippen LogP contribution in [0.25, 0.3) is 0 Å². The molecule has 0 saturated heterocycles. The molecule has 4 N–H and O–H groups in total. The van der Waals surface area contributed by atoms with E-state index in [1.165, 1.54) is 61.1 Å². The lowest BCUT2D eigenvalue weighted by Crippen LogP contribution is -2.44. The van der Waals surface area contributed by atoms with Gasteiger partial charge in [0.05, 0.1) is 6.61 Å². The van der Waals surface area contributed by atoms with Gasteiger partial charge in [-0.3, -0.25) is 4.52 Å². The third-order valence-electron chi connectivity index (χ3n) is 5.82. The van der Waals surface area contributed by atoms with Gasteiger partial charge in [-0.1, -0.05) is 51.9 Å². The minimum absolute atomic E-state index is 0.118. The Morgan fingerprint density at radius 1 is 1.19 bits per heavy atom. The first-order valence-corrected chi connectivity index (χ1v) is 12.7. The van der Waals surface area contributed by atoms with Crippen molar-refractivity contribution in [2.75, 3.05) is 6.61 Å².